The van der Waals surface area contributed by atoms with Gasteiger partial charge in [-0.05, 0) is 37.5 Å². The van der Waals surface area contributed by atoms with Crippen molar-refractivity contribution >= 4 is 0 Å². The SMILES string of the molecule is CC(C)(C)CCOC1(CNC2CC2)CCCCCC1. The van der Waals surface area contributed by atoms with Crippen LogP contribution >= 0.6 is 0 Å². The fourth-order valence-electron chi connectivity index (χ4n) is 2.94. The van der Waals surface area contributed by atoms with Gasteiger partial charge in [0.05, 0.1) is 5.60 Å². The van der Waals surface area contributed by atoms with Gasteiger partial charge in [0.15, 0.2) is 0 Å². The number of nitrogens with one attached hydrogen (secondary N) is 1. The highest BCUT2D eigenvalue weighted by molar-refractivity contribution is 4.90. The molecule has 2 fully saturated rings. The van der Waals surface area contributed by atoms with Gasteiger partial charge >= 0.3 is 0 Å². The Morgan fingerprint density at radius 2 is 1.68 bits per heavy atom. The predicted molar refractivity (Wildman–Crippen MR) is 81.5 cm³/mol. The topological polar surface area (TPSA) is 21.3 Å². The predicted octanol–water partition coefficient (Wildman–Crippen LogP) is 4.28. The van der Waals surface area contributed by atoms with Gasteiger partial charge in [-0.2, -0.15) is 0 Å². The smallest absolute Gasteiger partial charge is 0.0806 e. The molecule has 0 unspecified atom stereocenters. The minimum absolute atomic E-state index is 0.143. The highest BCUT2D eigenvalue weighted by atomic mass is 16.5. The summed E-state index contributed by atoms with van der Waals surface area (Å²) in [6, 6.07) is 0.798. The van der Waals surface area contributed by atoms with E-state index in [1.54, 1.807) is 0 Å². The first-order valence-electron chi connectivity index (χ1n) is 8.37. The van der Waals surface area contributed by atoms with Crippen LogP contribution in [-0.4, -0.2) is 24.8 Å². The van der Waals surface area contributed by atoms with Crippen molar-refractivity contribution in [3.8, 4) is 0 Å². The van der Waals surface area contributed by atoms with Crippen molar-refractivity contribution in [2.24, 2.45) is 5.41 Å². The van der Waals surface area contributed by atoms with Gasteiger partial charge in [-0.3, -0.25) is 0 Å². The average Bonchev–Trinajstić information content (AvgIpc) is 3.13. The van der Waals surface area contributed by atoms with E-state index in [0.29, 0.717) is 5.41 Å². The molecule has 0 atom stereocenters. The summed E-state index contributed by atoms with van der Waals surface area (Å²) in [5, 5.41) is 3.72. The number of hydrogen-bond donors (Lipinski definition) is 1. The summed E-state index contributed by atoms with van der Waals surface area (Å²) in [5.74, 6) is 0. The lowest BCUT2D eigenvalue weighted by Crippen LogP contribution is -2.44. The molecule has 0 spiro atoms. The van der Waals surface area contributed by atoms with E-state index in [1.807, 2.05) is 0 Å². The van der Waals surface area contributed by atoms with E-state index in [9.17, 15) is 0 Å². The second-order valence-corrected chi connectivity index (χ2v) is 7.91. The molecule has 2 saturated carbocycles. The Morgan fingerprint density at radius 1 is 1.05 bits per heavy atom. The number of ether oxygens (including phenoxy) is 1. The zero-order chi connectivity index (χ0) is 13.8. The molecule has 0 amide bonds. The highest BCUT2D eigenvalue weighted by Crippen LogP contribution is 2.32. The van der Waals surface area contributed by atoms with E-state index >= 15 is 0 Å². The highest BCUT2D eigenvalue weighted by Gasteiger charge is 2.34. The van der Waals surface area contributed by atoms with Crippen molar-refractivity contribution in [1.29, 1.82) is 0 Å². The second kappa shape index (κ2) is 6.58. The molecule has 2 aliphatic rings. The van der Waals surface area contributed by atoms with Gasteiger partial charge in [0.2, 0.25) is 0 Å². The van der Waals surface area contributed by atoms with Crippen molar-refractivity contribution in [2.45, 2.75) is 90.2 Å². The van der Waals surface area contributed by atoms with Gasteiger partial charge < -0.3 is 10.1 Å². The van der Waals surface area contributed by atoms with Crippen LogP contribution < -0.4 is 5.32 Å². The van der Waals surface area contributed by atoms with E-state index in [1.165, 1.54) is 51.4 Å². The summed E-state index contributed by atoms with van der Waals surface area (Å²) < 4.78 is 6.44. The molecule has 0 heterocycles. The Labute approximate surface area is 119 Å². The summed E-state index contributed by atoms with van der Waals surface area (Å²) >= 11 is 0. The first kappa shape index (κ1) is 15.3. The average molecular weight is 267 g/mol. The van der Waals surface area contributed by atoms with Crippen molar-refractivity contribution in [1.82, 2.24) is 5.32 Å². The molecule has 0 aliphatic heterocycles. The molecule has 2 aliphatic carbocycles. The van der Waals surface area contributed by atoms with Crippen molar-refractivity contribution in [2.75, 3.05) is 13.2 Å². The molecule has 0 aromatic carbocycles. The quantitative estimate of drug-likeness (QED) is 0.725. The first-order valence-corrected chi connectivity index (χ1v) is 8.37. The second-order valence-electron chi connectivity index (χ2n) is 7.91. The van der Waals surface area contributed by atoms with Gasteiger partial charge in [0.25, 0.3) is 0 Å². The van der Waals surface area contributed by atoms with Crippen LogP contribution in [0, 0.1) is 5.41 Å². The van der Waals surface area contributed by atoms with Crippen LogP contribution in [-0.2, 0) is 4.74 Å². The third kappa shape index (κ3) is 5.83. The van der Waals surface area contributed by atoms with Gasteiger partial charge in [-0.25, -0.2) is 0 Å². The Hall–Kier alpha value is -0.0800. The minimum atomic E-state index is 0.143. The lowest BCUT2D eigenvalue weighted by Gasteiger charge is -2.34. The van der Waals surface area contributed by atoms with Crippen LogP contribution in [0.1, 0.15) is 78.6 Å². The summed E-state index contributed by atoms with van der Waals surface area (Å²) in [6.07, 6.45) is 11.9. The van der Waals surface area contributed by atoms with Crippen LogP contribution in [0.15, 0.2) is 0 Å². The van der Waals surface area contributed by atoms with Gasteiger partial charge in [0.1, 0.15) is 0 Å². The summed E-state index contributed by atoms with van der Waals surface area (Å²) in [6.45, 7) is 8.92. The molecule has 1 N–H and O–H groups in total. The maximum absolute atomic E-state index is 6.44. The van der Waals surface area contributed by atoms with Gasteiger partial charge in [-0.15, -0.1) is 0 Å². The summed E-state index contributed by atoms with van der Waals surface area (Å²) in [4.78, 5) is 0. The van der Waals surface area contributed by atoms with Crippen molar-refractivity contribution < 1.29 is 4.74 Å². The summed E-state index contributed by atoms with van der Waals surface area (Å²) in [7, 11) is 0. The molecule has 19 heavy (non-hydrogen) atoms. The number of hydrogen-bond acceptors (Lipinski definition) is 2. The van der Waals surface area contributed by atoms with Crippen LogP contribution in [0.2, 0.25) is 0 Å². The maximum Gasteiger partial charge on any atom is 0.0806 e. The molecule has 0 saturated heterocycles. The fraction of sp³-hybridized carbons (Fsp3) is 1.00. The van der Waals surface area contributed by atoms with Crippen molar-refractivity contribution in [3.05, 3.63) is 0 Å². The van der Waals surface area contributed by atoms with Crippen LogP contribution in [0.3, 0.4) is 0 Å². The molecule has 112 valence electrons. The monoisotopic (exact) mass is 267 g/mol. The Morgan fingerprint density at radius 3 is 2.21 bits per heavy atom. The van der Waals surface area contributed by atoms with Gasteiger partial charge in [0, 0.05) is 19.2 Å². The van der Waals surface area contributed by atoms with Crippen LogP contribution in [0.5, 0.6) is 0 Å². The largest absolute Gasteiger partial charge is 0.374 e. The normalized spacial score (nSPS) is 24.2. The lowest BCUT2D eigenvalue weighted by molar-refractivity contribution is -0.0628. The Bertz CT molecular complexity index is 257. The Balaban J connectivity index is 1.83. The first-order chi connectivity index (χ1) is 8.99. The molecular weight excluding hydrogens is 234 g/mol. The molecule has 0 radical (unpaired) electrons. The third-order valence-corrected chi connectivity index (χ3v) is 4.57. The molecule has 2 nitrogen and oxygen atoms in total. The molecule has 2 rings (SSSR count). The van der Waals surface area contributed by atoms with E-state index in [0.717, 1.165) is 25.6 Å². The molecule has 2 heteroatoms. The number of rotatable bonds is 6. The van der Waals surface area contributed by atoms with Gasteiger partial charge in [-0.1, -0.05) is 46.5 Å². The molecular formula is C17H33NO. The Kier molecular flexibility index (Phi) is 5.30. The summed E-state index contributed by atoms with van der Waals surface area (Å²) in [5.41, 5.74) is 0.528. The van der Waals surface area contributed by atoms with E-state index in [-0.39, 0.29) is 5.60 Å². The molecule has 0 aromatic heterocycles. The van der Waals surface area contributed by atoms with E-state index < -0.39 is 0 Å². The maximum atomic E-state index is 6.44. The molecule has 0 bridgehead atoms. The van der Waals surface area contributed by atoms with E-state index in [4.69, 9.17) is 4.74 Å². The zero-order valence-electron chi connectivity index (χ0n) is 13.3. The minimum Gasteiger partial charge on any atom is -0.374 e. The third-order valence-electron chi connectivity index (χ3n) is 4.57. The standard InChI is InChI=1S/C17H33NO/c1-16(2,3)12-13-19-17(14-18-15-8-9-15)10-6-4-5-7-11-17/h15,18H,4-14H2,1-3H3. The fourth-order valence-corrected chi connectivity index (χ4v) is 2.94. The molecule has 0 aromatic rings. The van der Waals surface area contributed by atoms with Crippen LogP contribution in [0.4, 0.5) is 0 Å². The lowest BCUT2D eigenvalue weighted by atomic mass is 9.91. The van der Waals surface area contributed by atoms with Crippen molar-refractivity contribution in [3.63, 3.8) is 0 Å². The van der Waals surface area contributed by atoms with Crippen LogP contribution in [0.25, 0.3) is 0 Å². The zero-order valence-corrected chi connectivity index (χ0v) is 13.3. The van der Waals surface area contributed by atoms with E-state index in [2.05, 4.69) is 26.1 Å².